The maximum atomic E-state index is 13.1. The molecule has 0 spiro atoms. The number of fused-ring (bicyclic) bond motifs is 1. The molecule has 0 aromatic heterocycles. The van der Waals surface area contributed by atoms with Crippen molar-refractivity contribution in [3.8, 4) is 0 Å². The van der Waals surface area contributed by atoms with Gasteiger partial charge in [-0.15, -0.1) is 0 Å². The number of benzene rings is 2. The van der Waals surface area contributed by atoms with Gasteiger partial charge in [-0.25, -0.2) is 4.79 Å². The Morgan fingerprint density at radius 1 is 1.06 bits per heavy atom. The maximum Gasteiger partial charge on any atom is 0.326 e. The minimum atomic E-state index is -1.51. The lowest BCUT2D eigenvalue weighted by Crippen LogP contribution is -2.60. The van der Waals surface area contributed by atoms with E-state index in [1.807, 2.05) is 56.3 Å². The number of carboxylic acid groups (broad SMARTS) is 2. The van der Waals surface area contributed by atoms with Gasteiger partial charge in [0.1, 0.15) is 11.8 Å². The van der Waals surface area contributed by atoms with Crippen LogP contribution in [0.2, 0.25) is 0 Å². The summed E-state index contributed by atoms with van der Waals surface area (Å²) in [7, 11) is 0. The highest BCUT2D eigenvalue weighted by Crippen LogP contribution is 2.37. The van der Waals surface area contributed by atoms with E-state index in [9.17, 15) is 19.5 Å². The largest absolute Gasteiger partial charge is 0.481 e. The van der Waals surface area contributed by atoms with Crippen molar-refractivity contribution in [3.05, 3.63) is 48.0 Å². The highest BCUT2D eigenvalue weighted by atomic mass is 16.5. The van der Waals surface area contributed by atoms with Crippen molar-refractivity contribution in [2.24, 2.45) is 5.92 Å². The molecule has 2 aromatic rings. The fourth-order valence-electron chi connectivity index (χ4n) is 4.20. The number of ether oxygens (including phenoxy) is 1. The van der Waals surface area contributed by atoms with E-state index in [2.05, 4.69) is 10.6 Å². The van der Waals surface area contributed by atoms with Gasteiger partial charge in [0.25, 0.3) is 0 Å². The molecule has 1 heterocycles. The molecule has 3 rings (SSSR count). The third kappa shape index (κ3) is 5.26. The summed E-state index contributed by atoms with van der Waals surface area (Å²) < 4.78 is 6.31. The molecule has 0 radical (unpaired) electrons. The zero-order chi connectivity index (χ0) is 23.3. The summed E-state index contributed by atoms with van der Waals surface area (Å²) >= 11 is 0. The fraction of sp³-hybridized carbons (Fsp3) is 0.458. The molecule has 4 N–H and O–H groups in total. The van der Waals surface area contributed by atoms with Crippen molar-refractivity contribution in [1.29, 1.82) is 0 Å². The lowest BCUT2D eigenvalue weighted by atomic mass is 9.88. The normalized spacial score (nSPS) is 20.6. The van der Waals surface area contributed by atoms with Crippen molar-refractivity contribution in [2.45, 2.75) is 57.3 Å². The molecule has 1 fully saturated rings. The molecule has 2 aromatic carbocycles. The van der Waals surface area contributed by atoms with Crippen LogP contribution in [-0.4, -0.2) is 46.7 Å². The summed E-state index contributed by atoms with van der Waals surface area (Å²) in [6.07, 6.45) is 1.76. The molecule has 172 valence electrons. The number of carbonyl (C=O) groups is 3. The van der Waals surface area contributed by atoms with Crippen molar-refractivity contribution in [3.63, 3.8) is 0 Å². The zero-order valence-corrected chi connectivity index (χ0v) is 18.3. The Hall–Kier alpha value is -2.97. The quantitative estimate of drug-likeness (QED) is 0.471. The monoisotopic (exact) mass is 442 g/mol. The predicted octanol–water partition coefficient (Wildman–Crippen LogP) is 2.85. The number of aliphatic carboxylic acids is 2. The first kappa shape index (κ1) is 23.7. The van der Waals surface area contributed by atoms with Crippen LogP contribution in [0.5, 0.6) is 0 Å². The second-order valence-electron chi connectivity index (χ2n) is 8.52. The van der Waals surface area contributed by atoms with Gasteiger partial charge >= 0.3 is 11.9 Å². The van der Waals surface area contributed by atoms with Crippen LogP contribution in [0.15, 0.2) is 42.5 Å². The van der Waals surface area contributed by atoms with Crippen molar-refractivity contribution < 1.29 is 29.3 Å². The number of rotatable bonds is 9. The number of nitrogens with one attached hydrogen (secondary N) is 2. The SMILES string of the molecule is CC(C)[C@H](NC1(c2cccc3ccccc23)CCCCO1)C(=O)N[C@@H](CC(=O)O)C(=O)O. The van der Waals surface area contributed by atoms with Crippen LogP contribution in [-0.2, 0) is 24.8 Å². The van der Waals surface area contributed by atoms with E-state index in [4.69, 9.17) is 9.84 Å². The Labute approximate surface area is 187 Å². The van der Waals surface area contributed by atoms with E-state index in [1.54, 1.807) is 0 Å². The molecular weight excluding hydrogens is 412 g/mol. The van der Waals surface area contributed by atoms with E-state index in [-0.39, 0.29) is 5.92 Å². The molecule has 1 aliphatic heterocycles. The number of amides is 1. The zero-order valence-electron chi connectivity index (χ0n) is 18.3. The molecule has 1 unspecified atom stereocenters. The maximum absolute atomic E-state index is 13.1. The minimum Gasteiger partial charge on any atom is -0.481 e. The Morgan fingerprint density at radius 3 is 2.41 bits per heavy atom. The average molecular weight is 443 g/mol. The minimum absolute atomic E-state index is 0.202. The van der Waals surface area contributed by atoms with Gasteiger partial charge in [-0.3, -0.25) is 14.9 Å². The molecule has 8 heteroatoms. The van der Waals surface area contributed by atoms with E-state index in [0.29, 0.717) is 13.0 Å². The third-order valence-corrected chi connectivity index (χ3v) is 5.83. The topological polar surface area (TPSA) is 125 Å². The second kappa shape index (κ2) is 10.1. The van der Waals surface area contributed by atoms with E-state index >= 15 is 0 Å². The van der Waals surface area contributed by atoms with E-state index in [1.165, 1.54) is 0 Å². The van der Waals surface area contributed by atoms with Crippen molar-refractivity contribution >= 4 is 28.6 Å². The van der Waals surface area contributed by atoms with Crippen LogP contribution in [0, 0.1) is 5.92 Å². The second-order valence-corrected chi connectivity index (χ2v) is 8.52. The number of hydrogen-bond acceptors (Lipinski definition) is 5. The molecule has 8 nitrogen and oxygen atoms in total. The summed E-state index contributed by atoms with van der Waals surface area (Å²) in [4.78, 5) is 35.6. The van der Waals surface area contributed by atoms with Gasteiger partial charge in [0.15, 0.2) is 0 Å². The highest BCUT2D eigenvalue weighted by molar-refractivity contribution is 5.90. The first-order valence-corrected chi connectivity index (χ1v) is 10.9. The Kier molecular flexibility index (Phi) is 7.48. The lowest BCUT2D eigenvalue weighted by molar-refractivity contribution is -0.149. The smallest absolute Gasteiger partial charge is 0.326 e. The van der Waals surface area contributed by atoms with Gasteiger partial charge in [0.05, 0.1) is 12.5 Å². The van der Waals surface area contributed by atoms with E-state index < -0.39 is 42.1 Å². The predicted molar refractivity (Wildman–Crippen MR) is 119 cm³/mol. The molecule has 1 aliphatic rings. The van der Waals surface area contributed by atoms with Crippen LogP contribution in [0.4, 0.5) is 0 Å². The summed E-state index contributed by atoms with van der Waals surface area (Å²) in [5.41, 5.74) is 0.00533. The molecule has 1 saturated heterocycles. The van der Waals surface area contributed by atoms with Gasteiger partial charge in [-0.2, -0.15) is 0 Å². The van der Waals surface area contributed by atoms with Gasteiger partial charge in [-0.1, -0.05) is 56.3 Å². The van der Waals surface area contributed by atoms with Crippen molar-refractivity contribution in [1.82, 2.24) is 10.6 Å². The lowest BCUT2D eigenvalue weighted by Gasteiger charge is -2.42. The van der Waals surface area contributed by atoms with Gasteiger partial charge in [0.2, 0.25) is 5.91 Å². The molecule has 0 aliphatic carbocycles. The van der Waals surface area contributed by atoms with Crippen LogP contribution in [0.1, 0.15) is 45.1 Å². The van der Waals surface area contributed by atoms with Crippen molar-refractivity contribution in [2.75, 3.05) is 6.61 Å². The Morgan fingerprint density at radius 2 is 1.78 bits per heavy atom. The molecule has 32 heavy (non-hydrogen) atoms. The highest BCUT2D eigenvalue weighted by Gasteiger charge is 2.41. The van der Waals surface area contributed by atoms with Crippen LogP contribution in [0.3, 0.4) is 0 Å². The summed E-state index contributed by atoms with van der Waals surface area (Å²) in [6.45, 7) is 4.23. The third-order valence-electron chi connectivity index (χ3n) is 5.83. The van der Waals surface area contributed by atoms with Gasteiger partial charge in [-0.05, 0) is 36.0 Å². The van der Waals surface area contributed by atoms with Gasteiger partial charge in [0, 0.05) is 12.2 Å². The number of carbonyl (C=O) groups excluding carboxylic acids is 1. The van der Waals surface area contributed by atoms with Gasteiger partial charge < -0.3 is 20.3 Å². The molecular formula is C24H30N2O6. The fourth-order valence-corrected chi connectivity index (χ4v) is 4.20. The van der Waals surface area contributed by atoms with Crippen LogP contribution >= 0.6 is 0 Å². The molecule has 3 atom stereocenters. The standard InChI is InChI=1S/C24H30N2O6/c1-15(2)21(22(29)25-19(23(30)31)14-20(27)28)26-24(12-5-6-13-32-24)18-11-7-9-16-8-3-4-10-17(16)18/h3-4,7-11,15,19,21,26H,5-6,12-14H2,1-2H3,(H,25,29)(H,27,28)(H,30,31)/t19-,21-,24?/m0/s1. The first-order valence-electron chi connectivity index (χ1n) is 10.9. The molecule has 1 amide bonds. The van der Waals surface area contributed by atoms with E-state index in [0.717, 1.165) is 29.2 Å². The number of carboxylic acids is 2. The average Bonchev–Trinajstić information content (AvgIpc) is 2.76. The van der Waals surface area contributed by atoms with Crippen LogP contribution in [0.25, 0.3) is 10.8 Å². The molecule has 0 bridgehead atoms. The van der Waals surface area contributed by atoms with Crippen LogP contribution < -0.4 is 10.6 Å². The first-order chi connectivity index (χ1) is 15.2. The summed E-state index contributed by atoms with van der Waals surface area (Å²) in [5, 5.41) is 26.2. The summed E-state index contributed by atoms with van der Waals surface area (Å²) in [6, 6.07) is 11.6. The molecule has 0 saturated carbocycles. The summed E-state index contributed by atoms with van der Waals surface area (Å²) in [5.74, 6) is -3.45. The number of hydrogen-bond donors (Lipinski definition) is 4. The Bertz CT molecular complexity index is 978. The Balaban J connectivity index is 1.95.